The molecule has 0 saturated carbocycles. The highest BCUT2D eigenvalue weighted by Gasteiger charge is 2.23. The molecule has 0 radical (unpaired) electrons. The number of amides is 1. The van der Waals surface area contributed by atoms with Crippen LogP contribution in [0.2, 0.25) is 0 Å². The Labute approximate surface area is 189 Å². The van der Waals surface area contributed by atoms with Crippen LogP contribution in [0.4, 0.5) is 4.39 Å². The van der Waals surface area contributed by atoms with Gasteiger partial charge >= 0.3 is 0 Å². The van der Waals surface area contributed by atoms with Crippen molar-refractivity contribution in [2.45, 2.75) is 13.5 Å². The highest BCUT2D eigenvalue weighted by atomic mass is 32.1. The van der Waals surface area contributed by atoms with Gasteiger partial charge in [-0.2, -0.15) is 5.10 Å². The zero-order valence-electron chi connectivity index (χ0n) is 18.1. The molecule has 4 heterocycles. The second-order valence-corrected chi connectivity index (χ2v) is 9.32. The van der Waals surface area contributed by atoms with Crippen molar-refractivity contribution in [2.24, 2.45) is 7.05 Å². The Kier molecular flexibility index (Phi) is 5.48. The Morgan fingerprint density at radius 1 is 1.12 bits per heavy atom. The van der Waals surface area contributed by atoms with Crippen molar-refractivity contribution in [3.8, 4) is 10.4 Å². The lowest BCUT2D eigenvalue weighted by Crippen LogP contribution is -2.48. The van der Waals surface area contributed by atoms with E-state index in [1.807, 2.05) is 31.0 Å². The number of piperazine rings is 1. The number of aryl methyl sites for hydroxylation is 2. The molecule has 0 N–H and O–H groups in total. The SMILES string of the molecule is Cc1nn(C)c2ncc(C(=O)N3CCN(Cc4ccc(-c5cccc(F)c5)s4)CC3)cc12. The zero-order chi connectivity index (χ0) is 22.2. The van der Waals surface area contributed by atoms with Crippen molar-refractivity contribution < 1.29 is 9.18 Å². The van der Waals surface area contributed by atoms with Crippen molar-refractivity contribution in [1.29, 1.82) is 0 Å². The summed E-state index contributed by atoms with van der Waals surface area (Å²) in [6.45, 7) is 5.78. The highest BCUT2D eigenvalue weighted by molar-refractivity contribution is 7.15. The summed E-state index contributed by atoms with van der Waals surface area (Å²) >= 11 is 1.69. The minimum absolute atomic E-state index is 0.0202. The second-order valence-electron chi connectivity index (χ2n) is 8.15. The average molecular weight is 450 g/mol. The van der Waals surface area contributed by atoms with Gasteiger partial charge in [-0.1, -0.05) is 12.1 Å². The third kappa shape index (κ3) is 4.03. The third-order valence-corrected chi connectivity index (χ3v) is 7.04. The van der Waals surface area contributed by atoms with Crippen LogP contribution in [0.5, 0.6) is 0 Å². The molecule has 6 nitrogen and oxygen atoms in total. The van der Waals surface area contributed by atoms with E-state index < -0.39 is 0 Å². The maximum Gasteiger partial charge on any atom is 0.255 e. The van der Waals surface area contributed by atoms with Gasteiger partial charge in [-0.3, -0.25) is 14.4 Å². The van der Waals surface area contributed by atoms with E-state index in [1.165, 1.54) is 10.9 Å². The van der Waals surface area contributed by atoms with E-state index in [-0.39, 0.29) is 11.7 Å². The number of rotatable bonds is 4. The van der Waals surface area contributed by atoms with Crippen LogP contribution < -0.4 is 0 Å². The normalized spacial score (nSPS) is 14.9. The predicted molar refractivity (Wildman–Crippen MR) is 124 cm³/mol. The molecule has 1 aliphatic heterocycles. The third-order valence-electron chi connectivity index (χ3n) is 5.92. The number of benzene rings is 1. The Hall–Kier alpha value is -3.10. The number of hydrogen-bond acceptors (Lipinski definition) is 5. The second kappa shape index (κ2) is 8.44. The van der Waals surface area contributed by atoms with Gasteiger partial charge in [0.25, 0.3) is 5.91 Å². The van der Waals surface area contributed by atoms with Crippen LogP contribution in [0.1, 0.15) is 20.9 Å². The Bertz CT molecular complexity index is 1290. The van der Waals surface area contributed by atoms with Crippen LogP contribution in [0.3, 0.4) is 0 Å². The fraction of sp³-hybridized carbons (Fsp3) is 0.292. The van der Waals surface area contributed by atoms with Gasteiger partial charge in [0, 0.05) is 61.1 Å². The monoisotopic (exact) mass is 449 g/mol. The van der Waals surface area contributed by atoms with E-state index in [4.69, 9.17) is 0 Å². The summed E-state index contributed by atoms with van der Waals surface area (Å²) in [6.07, 6.45) is 1.65. The lowest BCUT2D eigenvalue weighted by molar-refractivity contribution is 0.0629. The van der Waals surface area contributed by atoms with E-state index in [0.717, 1.165) is 46.8 Å². The van der Waals surface area contributed by atoms with Gasteiger partial charge in [-0.05, 0) is 42.8 Å². The Morgan fingerprint density at radius 3 is 2.72 bits per heavy atom. The lowest BCUT2D eigenvalue weighted by atomic mass is 10.1. The van der Waals surface area contributed by atoms with Gasteiger partial charge in [-0.15, -0.1) is 11.3 Å². The summed E-state index contributed by atoms with van der Waals surface area (Å²) in [5, 5.41) is 5.30. The first-order valence-corrected chi connectivity index (χ1v) is 11.5. The summed E-state index contributed by atoms with van der Waals surface area (Å²) in [7, 11) is 1.86. The number of carbonyl (C=O) groups is 1. The van der Waals surface area contributed by atoms with Crippen LogP contribution >= 0.6 is 11.3 Å². The minimum atomic E-state index is -0.216. The molecule has 0 bridgehead atoms. The maximum absolute atomic E-state index is 13.5. The van der Waals surface area contributed by atoms with Crippen molar-refractivity contribution >= 4 is 28.3 Å². The fourth-order valence-corrected chi connectivity index (χ4v) is 5.24. The van der Waals surface area contributed by atoms with E-state index in [1.54, 1.807) is 34.3 Å². The number of pyridine rings is 1. The summed E-state index contributed by atoms with van der Waals surface area (Å²) in [5.74, 6) is -0.196. The molecule has 164 valence electrons. The minimum Gasteiger partial charge on any atom is -0.336 e. The number of aromatic nitrogens is 3. The standard InChI is InChI=1S/C24H24FN5OS/c1-16-21-13-18(14-26-23(21)28(2)27-16)24(31)30-10-8-29(9-11-30)15-20-6-7-22(32-20)17-4-3-5-19(25)12-17/h3-7,12-14H,8-11,15H2,1-2H3. The van der Waals surface area contributed by atoms with Crippen LogP contribution in [-0.2, 0) is 13.6 Å². The molecule has 8 heteroatoms. The van der Waals surface area contributed by atoms with Gasteiger partial charge < -0.3 is 4.90 Å². The molecule has 32 heavy (non-hydrogen) atoms. The molecular formula is C24H24FN5OS. The van der Waals surface area contributed by atoms with E-state index in [2.05, 4.69) is 27.1 Å². The number of nitrogens with zero attached hydrogens (tertiary/aromatic N) is 5. The summed E-state index contributed by atoms with van der Waals surface area (Å²) < 4.78 is 15.2. The molecule has 0 unspecified atom stereocenters. The Balaban J connectivity index is 1.21. The molecule has 4 aromatic rings. The molecule has 0 aliphatic carbocycles. The largest absolute Gasteiger partial charge is 0.336 e. The Morgan fingerprint density at radius 2 is 1.94 bits per heavy atom. The highest BCUT2D eigenvalue weighted by Crippen LogP contribution is 2.29. The van der Waals surface area contributed by atoms with Crippen molar-refractivity contribution in [3.63, 3.8) is 0 Å². The first kappa shape index (κ1) is 20.8. The topological polar surface area (TPSA) is 54.3 Å². The quantitative estimate of drug-likeness (QED) is 0.471. The molecule has 5 rings (SSSR count). The van der Waals surface area contributed by atoms with Crippen molar-refractivity contribution in [1.82, 2.24) is 24.6 Å². The van der Waals surface area contributed by atoms with Gasteiger partial charge in [0.2, 0.25) is 0 Å². The number of carbonyl (C=O) groups excluding carboxylic acids is 1. The molecule has 1 saturated heterocycles. The fourth-order valence-electron chi connectivity index (χ4n) is 4.20. The van der Waals surface area contributed by atoms with Crippen molar-refractivity contribution in [3.05, 3.63) is 70.6 Å². The lowest BCUT2D eigenvalue weighted by Gasteiger charge is -2.34. The molecule has 3 aromatic heterocycles. The van der Waals surface area contributed by atoms with E-state index in [0.29, 0.717) is 18.7 Å². The smallest absolute Gasteiger partial charge is 0.255 e. The van der Waals surface area contributed by atoms with Gasteiger partial charge in [0.05, 0.1) is 11.3 Å². The van der Waals surface area contributed by atoms with E-state index >= 15 is 0 Å². The molecule has 1 aromatic carbocycles. The summed E-state index contributed by atoms with van der Waals surface area (Å²) in [4.78, 5) is 24.0. The molecule has 1 fully saturated rings. The number of fused-ring (bicyclic) bond motifs is 1. The zero-order valence-corrected chi connectivity index (χ0v) is 18.9. The number of halogens is 1. The summed E-state index contributed by atoms with van der Waals surface area (Å²) in [6, 6.07) is 12.8. The van der Waals surface area contributed by atoms with Crippen LogP contribution in [0.15, 0.2) is 48.7 Å². The first-order valence-electron chi connectivity index (χ1n) is 10.6. The van der Waals surface area contributed by atoms with E-state index in [9.17, 15) is 9.18 Å². The molecule has 0 atom stereocenters. The van der Waals surface area contributed by atoms with Gasteiger partial charge in [-0.25, -0.2) is 9.37 Å². The van der Waals surface area contributed by atoms with Gasteiger partial charge in [0.1, 0.15) is 5.82 Å². The summed E-state index contributed by atoms with van der Waals surface area (Å²) in [5.41, 5.74) is 3.19. The number of hydrogen-bond donors (Lipinski definition) is 0. The molecular weight excluding hydrogens is 425 g/mol. The molecule has 0 spiro atoms. The van der Waals surface area contributed by atoms with Crippen molar-refractivity contribution in [2.75, 3.05) is 26.2 Å². The van der Waals surface area contributed by atoms with Crippen LogP contribution in [0, 0.1) is 12.7 Å². The molecule has 1 amide bonds. The predicted octanol–water partition coefficient (Wildman–Crippen LogP) is 4.10. The average Bonchev–Trinajstić information content (AvgIpc) is 3.38. The molecule has 1 aliphatic rings. The van der Waals surface area contributed by atoms with Crippen LogP contribution in [-0.4, -0.2) is 56.7 Å². The maximum atomic E-state index is 13.5. The van der Waals surface area contributed by atoms with Crippen LogP contribution in [0.25, 0.3) is 21.5 Å². The van der Waals surface area contributed by atoms with Gasteiger partial charge in [0.15, 0.2) is 5.65 Å². The number of thiophene rings is 1. The first-order chi connectivity index (χ1) is 15.5.